The third kappa shape index (κ3) is 23.8. The maximum atomic E-state index is 6.38. The van der Waals surface area contributed by atoms with E-state index >= 15 is 0 Å². The Balaban J connectivity index is 4.67. The Morgan fingerprint density at radius 3 is 1.10 bits per heavy atom. The molecular formula is C18H28Cl10O. The van der Waals surface area contributed by atoms with Crippen molar-refractivity contribution in [3.63, 3.8) is 0 Å². The molecule has 0 bridgehead atoms. The summed E-state index contributed by atoms with van der Waals surface area (Å²) < 4.78 is 3.93. The third-order valence-electron chi connectivity index (χ3n) is 4.27. The summed E-state index contributed by atoms with van der Waals surface area (Å²) in [7, 11) is 0. The van der Waals surface area contributed by atoms with Crippen molar-refractivity contribution < 1.29 is 4.74 Å². The van der Waals surface area contributed by atoms with Crippen LogP contribution >= 0.6 is 116 Å². The zero-order valence-electron chi connectivity index (χ0n) is 16.0. The fraction of sp³-hybridized carbons (Fsp3) is 1.00. The standard InChI is InChI=1S/C18H28Cl10O/c19-15(20)9-7-13(5-1-3-11-17(23,24)25)29-14(8-10-16(21)22)6-2-4-12-18(26,27)28/h13-16H,1-12H2. The number of hydrogen-bond acceptors (Lipinski definition) is 1. The van der Waals surface area contributed by atoms with Gasteiger partial charge in [0.05, 0.1) is 12.2 Å². The van der Waals surface area contributed by atoms with E-state index in [9.17, 15) is 0 Å². The molecule has 1 nitrogen and oxygen atoms in total. The molecule has 0 spiro atoms. The van der Waals surface area contributed by atoms with Crippen LogP contribution in [0.25, 0.3) is 0 Å². The average molecular weight is 615 g/mol. The van der Waals surface area contributed by atoms with Gasteiger partial charge in [0, 0.05) is 0 Å². The fourth-order valence-corrected chi connectivity index (χ4v) is 4.16. The monoisotopic (exact) mass is 610 g/mol. The van der Waals surface area contributed by atoms with E-state index in [0.717, 1.165) is 51.4 Å². The number of alkyl halides is 10. The molecule has 0 heterocycles. The van der Waals surface area contributed by atoms with Gasteiger partial charge in [0.15, 0.2) is 7.59 Å². The largest absolute Gasteiger partial charge is 0.375 e. The maximum Gasteiger partial charge on any atom is 0.190 e. The van der Waals surface area contributed by atoms with E-state index in [1.54, 1.807) is 0 Å². The molecule has 11 heteroatoms. The van der Waals surface area contributed by atoms with Crippen molar-refractivity contribution in [3.05, 3.63) is 0 Å². The molecule has 0 aromatic carbocycles. The molecule has 2 unspecified atom stereocenters. The maximum absolute atomic E-state index is 6.38. The van der Waals surface area contributed by atoms with Crippen LogP contribution in [-0.4, -0.2) is 29.5 Å². The average Bonchev–Trinajstić information content (AvgIpc) is 2.55. The van der Waals surface area contributed by atoms with Crippen molar-refractivity contribution in [2.24, 2.45) is 0 Å². The first kappa shape index (κ1) is 31.9. The van der Waals surface area contributed by atoms with Crippen LogP contribution in [0.1, 0.15) is 77.0 Å². The van der Waals surface area contributed by atoms with Crippen LogP contribution in [-0.2, 0) is 4.74 Å². The summed E-state index contributed by atoms with van der Waals surface area (Å²) in [5.74, 6) is 0. The van der Waals surface area contributed by atoms with Gasteiger partial charge in [-0.15, -0.1) is 46.4 Å². The van der Waals surface area contributed by atoms with Crippen LogP contribution in [0.15, 0.2) is 0 Å². The summed E-state index contributed by atoms with van der Waals surface area (Å²) in [5.41, 5.74) is 0. The predicted molar refractivity (Wildman–Crippen MR) is 136 cm³/mol. The Labute approximate surface area is 225 Å². The molecule has 0 aliphatic rings. The number of hydrogen-bond donors (Lipinski definition) is 0. The van der Waals surface area contributed by atoms with Gasteiger partial charge in [-0.25, -0.2) is 0 Å². The SMILES string of the molecule is ClC(Cl)CCC(CCCCC(Cl)(Cl)Cl)OC(CCCCC(Cl)(Cl)Cl)CCC(Cl)Cl. The highest BCUT2D eigenvalue weighted by Gasteiger charge is 2.22. The molecular weight excluding hydrogens is 587 g/mol. The smallest absolute Gasteiger partial charge is 0.190 e. The molecule has 0 radical (unpaired) electrons. The van der Waals surface area contributed by atoms with Gasteiger partial charge >= 0.3 is 0 Å². The Bertz CT molecular complexity index is 359. The summed E-state index contributed by atoms with van der Waals surface area (Å²) in [4.78, 5) is -0.861. The van der Waals surface area contributed by atoms with Gasteiger partial charge in [-0.1, -0.05) is 82.4 Å². The first-order valence-electron chi connectivity index (χ1n) is 9.63. The van der Waals surface area contributed by atoms with Crippen molar-refractivity contribution in [1.29, 1.82) is 0 Å². The van der Waals surface area contributed by atoms with Gasteiger partial charge in [-0.05, 0) is 64.2 Å². The van der Waals surface area contributed by atoms with Crippen molar-refractivity contribution in [2.75, 3.05) is 0 Å². The van der Waals surface area contributed by atoms with Crippen LogP contribution in [0.2, 0.25) is 0 Å². The highest BCUT2D eigenvalue weighted by molar-refractivity contribution is 6.67. The summed E-state index contributed by atoms with van der Waals surface area (Å²) >= 11 is 58.6. The zero-order chi connectivity index (χ0) is 22.5. The van der Waals surface area contributed by atoms with Crippen LogP contribution in [0.4, 0.5) is 0 Å². The number of ether oxygens (including phenoxy) is 1. The number of unbranched alkanes of at least 4 members (excludes halogenated alkanes) is 2. The fourth-order valence-electron chi connectivity index (χ4n) is 2.85. The zero-order valence-corrected chi connectivity index (χ0v) is 23.5. The van der Waals surface area contributed by atoms with E-state index in [-0.39, 0.29) is 12.2 Å². The molecule has 0 aliphatic carbocycles. The molecule has 0 fully saturated rings. The normalized spacial score (nSPS) is 15.3. The number of rotatable bonds is 16. The van der Waals surface area contributed by atoms with Gasteiger partial charge in [0.1, 0.15) is 9.67 Å². The molecule has 176 valence electrons. The van der Waals surface area contributed by atoms with Crippen molar-refractivity contribution in [1.82, 2.24) is 0 Å². The lowest BCUT2D eigenvalue weighted by Crippen LogP contribution is -2.24. The van der Waals surface area contributed by atoms with Crippen LogP contribution < -0.4 is 0 Å². The van der Waals surface area contributed by atoms with E-state index in [4.69, 9.17) is 121 Å². The quantitative estimate of drug-likeness (QED) is 0.124. The lowest BCUT2D eigenvalue weighted by molar-refractivity contribution is -0.0311. The lowest BCUT2D eigenvalue weighted by Gasteiger charge is -2.26. The second-order valence-electron chi connectivity index (χ2n) is 7.04. The van der Waals surface area contributed by atoms with Crippen molar-refractivity contribution in [3.8, 4) is 0 Å². The van der Waals surface area contributed by atoms with Gasteiger partial charge in [-0.2, -0.15) is 0 Å². The minimum atomic E-state index is -1.23. The molecule has 2 atom stereocenters. The van der Waals surface area contributed by atoms with Gasteiger partial charge < -0.3 is 4.74 Å². The molecule has 0 saturated heterocycles. The van der Waals surface area contributed by atoms with Crippen molar-refractivity contribution >= 4 is 116 Å². The van der Waals surface area contributed by atoms with E-state index in [2.05, 4.69) is 0 Å². The molecule has 0 amide bonds. The topological polar surface area (TPSA) is 9.23 Å². The summed E-state index contributed by atoms with van der Waals surface area (Å²) in [6.45, 7) is 0. The third-order valence-corrected chi connectivity index (χ3v) is 6.28. The molecule has 0 N–H and O–H groups in total. The van der Waals surface area contributed by atoms with Crippen LogP contribution in [0, 0.1) is 0 Å². The molecule has 0 rings (SSSR count). The molecule has 0 aromatic heterocycles. The van der Waals surface area contributed by atoms with Crippen molar-refractivity contribution in [2.45, 2.75) is 107 Å². The summed E-state index contributed by atoms with van der Waals surface area (Å²) in [5, 5.41) is 0. The van der Waals surface area contributed by atoms with Crippen LogP contribution in [0.5, 0.6) is 0 Å². The minimum absolute atomic E-state index is 0.00708. The Hall–Kier alpha value is 2.86. The number of halogens is 10. The second-order valence-corrected chi connectivity index (χ2v) is 14.6. The second kappa shape index (κ2) is 17.3. The first-order chi connectivity index (χ1) is 13.3. The first-order valence-corrected chi connectivity index (χ1v) is 13.6. The lowest BCUT2D eigenvalue weighted by atomic mass is 10.0. The molecule has 0 aliphatic heterocycles. The van der Waals surface area contributed by atoms with E-state index < -0.39 is 17.3 Å². The minimum Gasteiger partial charge on any atom is -0.375 e. The van der Waals surface area contributed by atoms with Gasteiger partial charge in [0.25, 0.3) is 0 Å². The van der Waals surface area contributed by atoms with Crippen LogP contribution in [0.3, 0.4) is 0 Å². The summed E-state index contributed by atoms with van der Waals surface area (Å²) in [6, 6.07) is 0. The Kier molecular flexibility index (Phi) is 19.0. The molecule has 29 heavy (non-hydrogen) atoms. The molecule has 0 saturated carbocycles. The summed E-state index contributed by atoms with van der Waals surface area (Å²) in [6.07, 6.45) is 8.80. The molecule has 0 aromatic rings. The van der Waals surface area contributed by atoms with E-state index in [0.29, 0.717) is 25.7 Å². The van der Waals surface area contributed by atoms with Gasteiger partial charge in [0.2, 0.25) is 0 Å². The van der Waals surface area contributed by atoms with E-state index in [1.165, 1.54) is 0 Å². The van der Waals surface area contributed by atoms with Gasteiger partial charge in [-0.3, -0.25) is 0 Å². The van der Waals surface area contributed by atoms with E-state index in [1.807, 2.05) is 0 Å². The highest BCUT2D eigenvalue weighted by atomic mass is 35.6. The Morgan fingerprint density at radius 1 is 0.483 bits per heavy atom. The predicted octanol–water partition coefficient (Wildman–Crippen LogP) is 10.8. The highest BCUT2D eigenvalue weighted by Crippen LogP contribution is 2.34. The Morgan fingerprint density at radius 2 is 0.828 bits per heavy atom.